The number of piperidine rings is 1. The fourth-order valence-corrected chi connectivity index (χ4v) is 7.97. The maximum Gasteiger partial charge on any atom is 0.338 e. The molecule has 0 unspecified atom stereocenters. The van der Waals surface area contributed by atoms with Crippen LogP contribution in [0.5, 0.6) is 11.5 Å². The van der Waals surface area contributed by atoms with Gasteiger partial charge in [0.2, 0.25) is 0 Å². The Hall–Kier alpha value is -3.03. The van der Waals surface area contributed by atoms with Crippen LogP contribution in [0.2, 0.25) is 0 Å². The third-order valence-electron chi connectivity index (χ3n) is 9.67. The summed E-state index contributed by atoms with van der Waals surface area (Å²) in [6, 6.07) is 9.37. The van der Waals surface area contributed by atoms with Gasteiger partial charge in [-0.15, -0.1) is 0 Å². The Kier molecular flexibility index (Phi) is 4.01. The maximum absolute atomic E-state index is 12.9. The van der Waals surface area contributed by atoms with Gasteiger partial charge >= 0.3 is 5.97 Å². The zero-order valence-electron chi connectivity index (χ0n) is 20.3. The number of nitrogens with one attached hydrogen (secondary N) is 1. The number of nitrogens with zero attached hydrogens (tertiary/aromatic N) is 1. The van der Waals surface area contributed by atoms with Gasteiger partial charge in [-0.1, -0.05) is 12.1 Å². The number of aromatic amines is 1. The highest BCUT2D eigenvalue weighted by Gasteiger charge is 2.72. The molecule has 2 aromatic carbocycles. The SMILES string of the molecule is CCOC(=O)c1ccc2c3c([nH]c2c1)[C@H]1Oc2c(O)ccc4c2[C@@]12CCN(CC1CC1)[C@@H](C4)[C@]2(O)C3. The van der Waals surface area contributed by atoms with Crippen LogP contribution in [0.25, 0.3) is 10.9 Å². The minimum absolute atomic E-state index is 0.00199. The van der Waals surface area contributed by atoms with Gasteiger partial charge in [0.1, 0.15) is 0 Å². The number of phenolic OH excluding ortho intramolecular Hbond substituents is 1. The zero-order chi connectivity index (χ0) is 24.4. The molecule has 3 heterocycles. The molecule has 8 rings (SSSR count). The van der Waals surface area contributed by atoms with E-state index in [1.165, 1.54) is 18.4 Å². The summed E-state index contributed by atoms with van der Waals surface area (Å²) in [5, 5.41) is 24.7. The maximum atomic E-state index is 12.9. The number of rotatable bonds is 4. The Morgan fingerprint density at radius 3 is 2.94 bits per heavy atom. The van der Waals surface area contributed by atoms with E-state index in [9.17, 15) is 15.0 Å². The lowest BCUT2D eigenvalue weighted by Crippen LogP contribution is -2.74. The molecule has 0 amide bonds. The fourth-order valence-electron chi connectivity index (χ4n) is 7.97. The van der Waals surface area contributed by atoms with E-state index in [2.05, 4.69) is 9.88 Å². The minimum Gasteiger partial charge on any atom is -0.504 e. The minimum atomic E-state index is -1.02. The van der Waals surface area contributed by atoms with Gasteiger partial charge < -0.3 is 24.7 Å². The predicted octanol–water partition coefficient (Wildman–Crippen LogP) is 3.75. The van der Waals surface area contributed by atoms with Crippen molar-refractivity contribution in [3.8, 4) is 11.5 Å². The molecule has 1 saturated carbocycles. The molecule has 1 spiro atoms. The predicted molar refractivity (Wildman–Crippen MR) is 132 cm³/mol. The Labute approximate surface area is 209 Å². The first kappa shape index (κ1) is 21.1. The summed E-state index contributed by atoms with van der Waals surface area (Å²) in [4.78, 5) is 18.5. The van der Waals surface area contributed by atoms with Gasteiger partial charge in [0, 0.05) is 35.5 Å². The number of hydrogen-bond donors (Lipinski definition) is 3. The molecule has 2 aliphatic heterocycles. The van der Waals surface area contributed by atoms with E-state index in [0.29, 0.717) is 24.3 Å². The first-order chi connectivity index (χ1) is 17.4. The molecule has 2 bridgehead atoms. The number of H-pyrrole nitrogens is 1. The van der Waals surface area contributed by atoms with Crippen LogP contribution in [0.1, 0.15) is 65.0 Å². The van der Waals surface area contributed by atoms with Crippen molar-refractivity contribution < 1.29 is 24.5 Å². The molecule has 5 aliphatic rings. The topological polar surface area (TPSA) is 95.0 Å². The average Bonchev–Trinajstić information content (AvgIpc) is 3.50. The van der Waals surface area contributed by atoms with E-state index >= 15 is 0 Å². The molecule has 1 saturated heterocycles. The number of fused-ring (bicyclic) bond motifs is 4. The molecule has 3 aromatic rings. The summed E-state index contributed by atoms with van der Waals surface area (Å²) in [6.07, 6.45) is 4.20. The van der Waals surface area contributed by atoms with Crippen molar-refractivity contribution in [2.45, 2.75) is 62.2 Å². The summed E-state index contributed by atoms with van der Waals surface area (Å²) in [7, 11) is 0. The molecule has 3 N–H and O–H groups in total. The first-order valence-electron chi connectivity index (χ1n) is 13.2. The summed E-state index contributed by atoms with van der Waals surface area (Å²) < 4.78 is 11.8. The summed E-state index contributed by atoms with van der Waals surface area (Å²) in [5.74, 6) is 1.07. The summed E-state index contributed by atoms with van der Waals surface area (Å²) in [6.45, 7) is 4.08. The molecule has 0 radical (unpaired) electrons. The van der Waals surface area contributed by atoms with Crippen LogP contribution in [0.15, 0.2) is 30.3 Å². The van der Waals surface area contributed by atoms with Gasteiger partial charge in [0.25, 0.3) is 0 Å². The van der Waals surface area contributed by atoms with Crippen LogP contribution >= 0.6 is 0 Å². The first-order valence-corrected chi connectivity index (χ1v) is 13.2. The lowest BCUT2D eigenvalue weighted by molar-refractivity contribution is -0.173. The smallest absolute Gasteiger partial charge is 0.338 e. The van der Waals surface area contributed by atoms with Crippen molar-refractivity contribution in [1.29, 1.82) is 0 Å². The van der Waals surface area contributed by atoms with E-state index in [1.54, 1.807) is 19.1 Å². The van der Waals surface area contributed by atoms with Crippen molar-refractivity contribution >= 4 is 16.9 Å². The van der Waals surface area contributed by atoms with Crippen molar-refractivity contribution in [2.75, 3.05) is 19.7 Å². The van der Waals surface area contributed by atoms with E-state index in [1.807, 2.05) is 18.2 Å². The van der Waals surface area contributed by atoms with Crippen molar-refractivity contribution in [2.24, 2.45) is 5.92 Å². The molecule has 7 nitrogen and oxygen atoms in total. The van der Waals surface area contributed by atoms with Crippen LogP contribution in [0, 0.1) is 5.92 Å². The third-order valence-corrected chi connectivity index (χ3v) is 9.67. The number of phenols is 1. The Balaban J connectivity index is 1.34. The summed E-state index contributed by atoms with van der Waals surface area (Å²) >= 11 is 0. The van der Waals surface area contributed by atoms with Crippen molar-refractivity contribution in [3.05, 3.63) is 58.3 Å². The zero-order valence-corrected chi connectivity index (χ0v) is 20.3. The normalized spacial score (nSPS) is 31.6. The molecule has 186 valence electrons. The van der Waals surface area contributed by atoms with Crippen LogP contribution in [0.3, 0.4) is 0 Å². The Morgan fingerprint density at radius 2 is 2.14 bits per heavy atom. The number of hydrogen-bond acceptors (Lipinski definition) is 6. The number of likely N-dealkylation sites (tertiary alicyclic amines) is 1. The lowest BCUT2D eigenvalue weighted by atomic mass is 9.49. The molecular formula is C29H30N2O5. The van der Waals surface area contributed by atoms with E-state index in [4.69, 9.17) is 9.47 Å². The van der Waals surface area contributed by atoms with Gasteiger partial charge in [-0.2, -0.15) is 0 Å². The van der Waals surface area contributed by atoms with Gasteiger partial charge in [0.05, 0.1) is 28.9 Å². The number of carbonyl (C=O) groups excluding carboxylic acids is 1. The second-order valence-corrected chi connectivity index (χ2v) is 11.4. The third kappa shape index (κ3) is 2.43. The lowest BCUT2D eigenvalue weighted by Gasteiger charge is -2.62. The average molecular weight is 487 g/mol. The second kappa shape index (κ2) is 6.84. The standard InChI is InChI=1S/C29H30N2O5/c1-2-35-27(33)17-5-7-18-19-13-29(34)22-12-16-6-8-21(32)25-23(16)28(29,9-10-31(22)14-15-3-4-15)26(36-25)24(19)30-20(18)11-17/h5-8,11,15,22,26,30,32,34H,2-4,9-10,12-14H2,1H3/t22-,26+,28-,29+/m0/s1. The van der Waals surface area contributed by atoms with Gasteiger partial charge in [-0.25, -0.2) is 4.79 Å². The van der Waals surface area contributed by atoms with Crippen LogP contribution in [0.4, 0.5) is 0 Å². The molecule has 2 fully saturated rings. The number of carbonyl (C=O) groups is 1. The van der Waals surface area contributed by atoms with Gasteiger partial charge in [-0.3, -0.25) is 4.90 Å². The molecule has 1 aromatic heterocycles. The molecular weight excluding hydrogens is 456 g/mol. The fraction of sp³-hybridized carbons (Fsp3) is 0.483. The van der Waals surface area contributed by atoms with E-state index < -0.39 is 17.1 Å². The number of ether oxygens (including phenoxy) is 2. The Bertz CT molecular complexity index is 1460. The molecule has 36 heavy (non-hydrogen) atoms. The molecule has 7 heteroatoms. The highest BCUT2D eigenvalue weighted by Crippen LogP contribution is 2.69. The largest absolute Gasteiger partial charge is 0.504 e. The monoisotopic (exact) mass is 486 g/mol. The Morgan fingerprint density at radius 1 is 1.28 bits per heavy atom. The molecule has 3 aliphatic carbocycles. The van der Waals surface area contributed by atoms with E-state index in [-0.39, 0.29) is 17.8 Å². The van der Waals surface area contributed by atoms with Gasteiger partial charge in [-0.05, 0) is 74.4 Å². The van der Waals surface area contributed by atoms with Crippen LogP contribution < -0.4 is 4.74 Å². The highest BCUT2D eigenvalue weighted by molar-refractivity contribution is 5.96. The second-order valence-electron chi connectivity index (χ2n) is 11.4. The number of benzene rings is 2. The molecule has 4 atom stereocenters. The highest BCUT2D eigenvalue weighted by atomic mass is 16.5. The van der Waals surface area contributed by atoms with Crippen molar-refractivity contribution in [1.82, 2.24) is 9.88 Å². The van der Waals surface area contributed by atoms with E-state index in [0.717, 1.165) is 59.6 Å². The number of aromatic nitrogens is 1. The summed E-state index contributed by atoms with van der Waals surface area (Å²) in [5.41, 5.74) is 3.92. The van der Waals surface area contributed by atoms with Crippen LogP contribution in [-0.2, 0) is 23.0 Å². The van der Waals surface area contributed by atoms with Crippen molar-refractivity contribution in [3.63, 3.8) is 0 Å². The van der Waals surface area contributed by atoms with Crippen LogP contribution in [-0.4, -0.2) is 57.4 Å². The quantitative estimate of drug-likeness (QED) is 0.487. The number of aromatic hydroxyl groups is 1. The number of esters is 1. The number of aliphatic hydroxyl groups is 1. The van der Waals surface area contributed by atoms with Gasteiger partial charge in [0.15, 0.2) is 17.6 Å².